The van der Waals surface area contributed by atoms with Crippen molar-refractivity contribution in [2.24, 2.45) is 11.8 Å². The molecule has 0 bridgehead atoms. The summed E-state index contributed by atoms with van der Waals surface area (Å²) in [7, 11) is 0. The van der Waals surface area contributed by atoms with Crippen LogP contribution in [0.4, 0.5) is 0 Å². The molecule has 0 aliphatic rings. The van der Waals surface area contributed by atoms with E-state index < -0.39 is 0 Å². The Morgan fingerprint density at radius 1 is 1.40 bits per heavy atom. The summed E-state index contributed by atoms with van der Waals surface area (Å²) in [6, 6.07) is 0. The maximum absolute atomic E-state index is 9.88. The lowest BCUT2D eigenvalue weighted by Gasteiger charge is -2.12. The summed E-state index contributed by atoms with van der Waals surface area (Å²) in [6.45, 7) is 7.34. The standard InChI is InChI=1S/C8H17NO/c1-7(2)4-8(3)5-9-6-10/h6-8H,4-5H2,1-3H3,(H,9,10). The number of amides is 1. The molecule has 1 unspecified atom stereocenters. The molecule has 0 aromatic carbocycles. The normalized spacial score (nSPS) is 13.2. The van der Waals surface area contributed by atoms with Crippen LogP contribution in [0.3, 0.4) is 0 Å². The molecular weight excluding hydrogens is 126 g/mol. The first kappa shape index (κ1) is 9.47. The Morgan fingerprint density at radius 2 is 2.00 bits per heavy atom. The molecule has 0 rings (SSSR count). The second-order valence-electron chi connectivity index (χ2n) is 3.26. The van der Waals surface area contributed by atoms with Gasteiger partial charge in [-0.3, -0.25) is 4.79 Å². The molecule has 0 heterocycles. The molecule has 2 heteroatoms. The molecule has 0 saturated heterocycles. The zero-order valence-electron chi connectivity index (χ0n) is 7.05. The molecule has 0 aromatic heterocycles. The lowest BCUT2D eigenvalue weighted by Crippen LogP contribution is -2.20. The Bertz CT molecular complexity index is 91.3. The highest BCUT2D eigenvalue weighted by Crippen LogP contribution is 2.08. The largest absolute Gasteiger partial charge is 0.358 e. The van der Waals surface area contributed by atoms with Crippen molar-refractivity contribution in [3.05, 3.63) is 0 Å². The molecule has 60 valence electrons. The van der Waals surface area contributed by atoms with Crippen LogP contribution in [-0.2, 0) is 4.79 Å². The predicted octanol–water partition coefficient (Wildman–Crippen LogP) is 1.41. The van der Waals surface area contributed by atoms with Gasteiger partial charge in [-0.15, -0.1) is 0 Å². The highest BCUT2D eigenvalue weighted by atomic mass is 16.1. The fourth-order valence-corrected chi connectivity index (χ4v) is 1.14. The highest BCUT2D eigenvalue weighted by Gasteiger charge is 2.02. The van der Waals surface area contributed by atoms with Gasteiger partial charge in [0.25, 0.3) is 0 Å². The van der Waals surface area contributed by atoms with E-state index >= 15 is 0 Å². The number of hydrogen-bond donors (Lipinski definition) is 1. The molecule has 1 atom stereocenters. The first-order chi connectivity index (χ1) is 4.66. The van der Waals surface area contributed by atoms with Crippen LogP contribution < -0.4 is 5.32 Å². The van der Waals surface area contributed by atoms with Crippen molar-refractivity contribution < 1.29 is 4.79 Å². The van der Waals surface area contributed by atoms with Crippen molar-refractivity contribution >= 4 is 6.41 Å². The number of rotatable bonds is 5. The van der Waals surface area contributed by atoms with Crippen molar-refractivity contribution in [2.45, 2.75) is 27.2 Å². The van der Waals surface area contributed by atoms with E-state index in [0.717, 1.165) is 18.9 Å². The van der Waals surface area contributed by atoms with Gasteiger partial charge in [0.15, 0.2) is 0 Å². The van der Waals surface area contributed by atoms with Gasteiger partial charge in [0.2, 0.25) is 6.41 Å². The number of nitrogens with one attached hydrogen (secondary N) is 1. The van der Waals surface area contributed by atoms with E-state index in [2.05, 4.69) is 26.1 Å². The van der Waals surface area contributed by atoms with Gasteiger partial charge >= 0.3 is 0 Å². The van der Waals surface area contributed by atoms with Crippen LogP contribution in [0.15, 0.2) is 0 Å². The van der Waals surface area contributed by atoms with E-state index in [9.17, 15) is 4.79 Å². The van der Waals surface area contributed by atoms with Gasteiger partial charge in [0.1, 0.15) is 0 Å². The molecule has 2 nitrogen and oxygen atoms in total. The lowest BCUT2D eigenvalue weighted by molar-refractivity contribution is -0.109. The topological polar surface area (TPSA) is 29.1 Å². The Kier molecular flexibility index (Phi) is 4.99. The first-order valence-electron chi connectivity index (χ1n) is 3.83. The van der Waals surface area contributed by atoms with Gasteiger partial charge in [-0.1, -0.05) is 20.8 Å². The molecule has 0 aromatic rings. The number of carbonyl (C=O) groups is 1. The van der Waals surface area contributed by atoms with Crippen LogP contribution in [0.5, 0.6) is 0 Å². The summed E-state index contributed by atoms with van der Waals surface area (Å²) < 4.78 is 0. The third-order valence-electron chi connectivity index (χ3n) is 1.42. The molecule has 0 aliphatic carbocycles. The van der Waals surface area contributed by atoms with E-state index in [0.29, 0.717) is 5.92 Å². The minimum Gasteiger partial charge on any atom is -0.358 e. The van der Waals surface area contributed by atoms with E-state index in [1.807, 2.05) is 0 Å². The monoisotopic (exact) mass is 143 g/mol. The van der Waals surface area contributed by atoms with Crippen LogP contribution in [0.25, 0.3) is 0 Å². The predicted molar refractivity (Wildman–Crippen MR) is 42.7 cm³/mol. The van der Waals surface area contributed by atoms with Crippen LogP contribution >= 0.6 is 0 Å². The molecular formula is C8H17NO. The summed E-state index contributed by atoms with van der Waals surface area (Å²) in [4.78, 5) is 9.88. The Morgan fingerprint density at radius 3 is 2.40 bits per heavy atom. The summed E-state index contributed by atoms with van der Waals surface area (Å²) in [6.07, 6.45) is 1.94. The SMILES string of the molecule is CC(C)CC(C)CNC=O. The van der Waals surface area contributed by atoms with Crippen molar-refractivity contribution in [1.82, 2.24) is 5.32 Å². The quantitative estimate of drug-likeness (QED) is 0.579. The van der Waals surface area contributed by atoms with Gasteiger partial charge in [0.05, 0.1) is 0 Å². The third-order valence-corrected chi connectivity index (χ3v) is 1.42. The molecule has 0 spiro atoms. The highest BCUT2D eigenvalue weighted by molar-refractivity contribution is 5.45. The smallest absolute Gasteiger partial charge is 0.207 e. The van der Waals surface area contributed by atoms with Crippen LogP contribution in [0.2, 0.25) is 0 Å². The minimum absolute atomic E-state index is 0.602. The third kappa shape index (κ3) is 5.60. The van der Waals surface area contributed by atoms with E-state index in [1.165, 1.54) is 6.42 Å². The number of hydrogen-bond acceptors (Lipinski definition) is 1. The van der Waals surface area contributed by atoms with Crippen molar-refractivity contribution in [2.75, 3.05) is 6.54 Å². The summed E-state index contributed by atoms with van der Waals surface area (Å²) in [5, 5.41) is 2.67. The fraction of sp³-hybridized carbons (Fsp3) is 0.875. The summed E-state index contributed by atoms with van der Waals surface area (Å²) >= 11 is 0. The van der Waals surface area contributed by atoms with Gasteiger partial charge in [-0.2, -0.15) is 0 Å². The molecule has 0 aliphatic heterocycles. The van der Waals surface area contributed by atoms with Gasteiger partial charge in [0, 0.05) is 6.54 Å². The van der Waals surface area contributed by atoms with E-state index in [-0.39, 0.29) is 0 Å². The zero-order valence-corrected chi connectivity index (χ0v) is 7.05. The molecule has 1 amide bonds. The average Bonchev–Trinajstić information content (AvgIpc) is 1.82. The second-order valence-corrected chi connectivity index (χ2v) is 3.26. The van der Waals surface area contributed by atoms with Crippen molar-refractivity contribution in [1.29, 1.82) is 0 Å². The molecule has 0 radical (unpaired) electrons. The van der Waals surface area contributed by atoms with Crippen LogP contribution in [-0.4, -0.2) is 13.0 Å². The molecule has 10 heavy (non-hydrogen) atoms. The second kappa shape index (κ2) is 5.27. The van der Waals surface area contributed by atoms with Gasteiger partial charge in [-0.05, 0) is 18.3 Å². The lowest BCUT2D eigenvalue weighted by atomic mass is 9.99. The molecule has 1 N–H and O–H groups in total. The van der Waals surface area contributed by atoms with Gasteiger partial charge < -0.3 is 5.32 Å². The molecule has 0 fully saturated rings. The van der Waals surface area contributed by atoms with Crippen molar-refractivity contribution in [3.63, 3.8) is 0 Å². The Hall–Kier alpha value is -0.530. The summed E-state index contributed by atoms with van der Waals surface area (Å²) in [5.41, 5.74) is 0. The fourth-order valence-electron chi connectivity index (χ4n) is 1.14. The maximum atomic E-state index is 9.88. The van der Waals surface area contributed by atoms with Crippen LogP contribution in [0, 0.1) is 11.8 Å². The van der Waals surface area contributed by atoms with Crippen LogP contribution in [0.1, 0.15) is 27.2 Å². The summed E-state index contributed by atoms with van der Waals surface area (Å²) in [5.74, 6) is 1.33. The van der Waals surface area contributed by atoms with E-state index in [1.54, 1.807) is 0 Å². The van der Waals surface area contributed by atoms with Gasteiger partial charge in [-0.25, -0.2) is 0 Å². The Balaban J connectivity index is 3.24. The Labute approximate surface area is 63.0 Å². The first-order valence-corrected chi connectivity index (χ1v) is 3.83. The molecule has 0 saturated carbocycles. The minimum atomic E-state index is 0.602. The average molecular weight is 143 g/mol. The van der Waals surface area contributed by atoms with Crippen molar-refractivity contribution in [3.8, 4) is 0 Å². The van der Waals surface area contributed by atoms with E-state index in [4.69, 9.17) is 0 Å². The zero-order chi connectivity index (χ0) is 7.98. The maximum Gasteiger partial charge on any atom is 0.207 e. The number of carbonyl (C=O) groups excluding carboxylic acids is 1.